The largest absolute Gasteiger partial charge is 0.490 e. The predicted octanol–water partition coefficient (Wildman–Crippen LogP) is 4.75. The van der Waals surface area contributed by atoms with Crippen molar-refractivity contribution in [3.63, 3.8) is 0 Å². The molecular weight excluding hydrogens is 370 g/mol. The van der Waals surface area contributed by atoms with Gasteiger partial charge in [0.25, 0.3) is 0 Å². The second-order valence-electron chi connectivity index (χ2n) is 6.67. The van der Waals surface area contributed by atoms with Crippen molar-refractivity contribution >= 4 is 17.6 Å². The summed E-state index contributed by atoms with van der Waals surface area (Å²) >= 11 is 0. The Hall–Kier alpha value is -2.76. The van der Waals surface area contributed by atoms with E-state index in [9.17, 15) is 9.59 Å². The van der Waals surface area contributed by atoms with Crippen LogP contribution in [-0.4, -0.2) is 38.4 Å². The van der Waals surface area contributed by atoms with Gasteiger partial charge in [0.15, 0.2) is 0 Å². The number of alkyl carbamates (subject to hydrolysis) is 1. The molecule has 1 rings (SSSR count). The highest BCUT2D eigenvalue weighted by molar-refractivity contribution is 5.81. The van der Waals surface area contributed by atoms with E-state index in [-0.39, 0.29) is 26.4 Å². The van der Waals surface area contributed by atoms with Gasteiger partial charge in [0, 0.05) is 6.08 Å². The van der Waals surface area contributed by atoms with Crippen LogP contribution < -0.4 is 10.1 Å². The molecule has 160 valence electrons. The molecule has 0 aliphatic carbocycles. The molecule has 0 aliphatic rings. The van der Waals surface area contributed by atoms with Crippen LogP contribution in [-0.2, 0) is 14.3 Å². The average molecular weight is 404 g/mol. The molecule has 29 heavy (non-hydrogen) atoms. The summed E-state index contributed by atoms with van der Waals surface area (Å²) in [5.41, 5.74) is 4.10. The number of benzene rings is 1. The van der Waals surface area contributed by atoms with Crippen molar-refractivity contribution in [2.45, 2.75) is 40.5 Å². The number of amides is 1. The van der Waals surface area contributed by atoms with E-state index in [4.69, 9.17) is 14.2 Å². The monoisotopic (exact) mass is 403 g/mol. The van der Waals surface area contributed by atoms with Gasteiger partial charge in [-0.3, -0.25) is 0 Å². The minimum atomic E-state index is -0.586. The molecule has 1 amide bonds. The van der Waals surface area contributed by atoms with Gasteiger partial charge in [0.2, 0.25) is 0 Å². The van der Waals surface area contributed by atoms with E-state index in [1.165, 1.54) is 16.7 Å². The van der Waals surface area contributed by atoms with Gasteiger partial charge in [-0.05, 0) is 42.0 Å². The number of esters is 1. The van der Waals surface area contributed by atoms with Gasteiger partial charge in [-0.25, -0.2) is 9.59 Å². The Morgan fingerprint density at radius 2 is 1.72 bits per heavy atom. The molecule has 1 aromatic carbocycles. The SMILES string of the molecule is C=CC(=O)OCCNC(=O)OCCOc1ccc(/C(CC)=C(\CC)C(C)C)cc1. The molecule has 0 unspecified atom stereocenters. The van der Waals surface area contributed by atoms with Gasteiger partial charge < -0.3 is 19.5 Å². The molecule has 0 radical (unpaired) electrons. The smallest absolute Gasteiger partial charge is 0.407 e. The van der Waals surface area contributed by atoms with Crippen LogP contribution in [0.1, 0.15) is 46.1 Å². The zero-order valence-corrected chi connectivity index (χ0v) is 18.0. The van der Waals surface area contributed by atoms with Gasteiger partial charge in [-0.2, -0.15) is 0 Å². The van der Waals surface area contributed by atoms with Crippen molar-refractivity contribution in [1.29, 1.82) is 0 Å². The number of hydrogen-bond acceptors (Lipinski definition) is 5. The lowest BCUT2D eigenvalue weighted by Crippen LogP contribution is -2.29. The first-order valence-electron chi connectivity index (χ1n) is 10.1. The van der Waals surface area contributed by atoms with Gasteiger partial charge in [-0.15, -0.1) is 0 Å². The molecule has 0 heterocycles. The van der Waals surface area contributed by atoms with E-state index < -0.39 is 12.1 Å². The van der Waals surface area contributed by atoms with Crippen molar-refractivity contribution in [2.75, 3.05) is 26.4 Å². The third-order valence-electron chi connectivity index (χ3n) is 4.39. The number of hydrogen-bond donors (Lipinski definition) is 1. The first-order chi connectivity index (χ1) is 13.9. The standard InChI is InChI=1S/C23H33NO5/c1-6-20(17(4)5)21(7-2)18-9-11-19(12-10-18)27-15-16-29-23(26)24-13-14-28-22(25)8-3/h8-12,17H,3,6-7,13-16H2,1-2,4-5H3,(H,24,26)/b21-20+. The maximum atomic E-state index is 11.5. The normalized spacial score (nSPS) is 11.5. The number of nitrogens with one attached hydrogen (secondary N) is 1. The highest BCUT2D eigenvalue weighted by atomic mass is 16.6. The molecule has 6 heteroatoms. The second kappa shape index (κ2) is 13.4. The Morgan fingerprint density at radius 1 is 1.03 bits per heavy atom. The summed E-state index contributed by atoms with van der Waals surface area (Å²) in [4.78, 5) is 22.4. The zero-order chi connectivity index (χ0) is 21.6. The fraction of sp³-hybridized carbons (Fsp3) is 0.478. The highest BCUT2D eigenvalue weighted by Crippen LogP contribution is 2.29. The van der Waals surface area contributed by atoms with Crippen LogP contribution in [0.2, 0.25) is 0 Å². The van der Waals surface area contributed by atoms with Gasteiger partial charge in [0.1, 0.15) is 25.6 Å². The average Bonchev–Trinajstić information content (AvgIpc) is 2.72. The number of ether oxygens (including phenoxy) is 3. The van der Waals surface area contributed by atoms with Crippen molar-refractivity contribution in [3.8, 4) is 5.75 Å². The summed E-state index contributed by atoms with van der Waals surface area (Å²) < 4.78 is 15.4. The van der Waals surface area contributed by atoms with Crippen LogP contribution in [0.3, 0.4) is 0 Å². The van der Waals surface area contributed by atoms with Gasteiger partial charge in [0.05, 0.1) is 6.54 Å². The Kier molecular flexibility index (Phi) is 11.2. The highest BCUT2D eigenvalue weighted by Gasteiger charge is 2.10. The van der Waals surface area contributed by atoms with E-state index in [1.807, 2.05) is 12.1 Å². The summed E-state index contributed by atoms with van der Waals surface area (Å²) in [6.07, 6.45) is 2.53. The van der Waals surface area contributed by atoms with Crippen LogP contribution in [0.25, 0.3) is 5.57 Å². The second-order valence-corrected chi connectivity index (χ2v) is 6.67. The van der Waals surface area contributed by atoms with Crippen LogP contribution in [0.4, 0.5) is 4.79 Å². The molecule has 0 saturated heterocycles. The topological polar surface area (TPSA) is 73.9 Å². The molecule has 0 spiro atoms. The Labute approximate surface area is 173 Å². The number of allylic oxidation sites excluding steroid dienone is 2. The number of carbonyl (C=O) groups is 2. The maximum absolute atomic E-state index is 11.5. The Balaban J connectivity index is 2.40. The fourth-order valence-electron chi connectivity index (χ4n) is 3.05. The molecule has 1 aromatic rings. The van der Waals surface area contributed by atoms with Crippen molar-refractivity contribution < 1.29 is 23.8 Å². The summed E-state index contributed by atoms with van der Waals surface area (Å²) in [5.74, 6) is 0.728. The molecule has 0 aromatic heterocycles. The van der Waals surface area contributed by atoms with Crippen molar-refractivity contribution in [1.82, 2.24) is 5.32 Å². The predicted molar refractivity (Wildman–Crippen MR) is 115 cm³/mol. The fourth-order valence-corrected chi connectivity index (χ4v) is 3.05. The van der Waals surface area contributed by atoms with Crippen LogP contribution in [0.5, 0.6) is 5.75 Å². The lowest BCUT2D eigenvalue weighted by Gasteiger charge is -2.17. The zero-order valence-electron chi connectivity index (χ0n) is 18.0. The summed E-state index contributed by atoms with van der Waals surface area (Å²) in [6.45, 7) is 12.7. The third-order valence-corrected chi connectivity index (χ3v) is 4.39. The third kappa shape index (κ3) is 8.85. The quantitative estimate of drug-likeness (QED) is 0.310. The van der Waals surface area contributed by atoms with E-state index in [1.54, 1.807) is 0 Å². The summed E-state index contributed by atoms with van der Waals surface area (Å²) in [7, 11) is 0. The van der Waals surface area contributed by atoms with E-state index in [2.05, 4.69) is 51.7 Å². The van der Waals surface area contributed by atoms with Crippen LogP contribution in [0, 0.1) is 5.92 Å². The summed E-state index contributed by atoms with van der Waals surface area (Å²) in [6, 6.07) is 8.02. The van der Waals surface area contributed by atoms with E-state index in [0.29, 0.717) is 5.92 Å². The molecule has 0 saturated carbocycles. The van der Waals surface area contributed by atoms with Crippen molar-refractivity contribution in [3.05, 3.63) is 48.1 Å². The lowest BCUT2D eigenvalue weighted by molar-refractivity contribution is -0.137. The molecule has 0 aliphatic heterocycles. The van der Waals surface area contributed by atoms with E-state index in [0.717, 1.165) is 24.7 Å². The number of carbonyl (C=O) groups excluding carboxylic acids is 2. The van der Waals surface area contributed by atoms with Gasteiger partial charge >= 0.3 is 12.1 Å². The Morgan fingerprint density at radius 3 is 2.28 bits per heavy atom. The number of rotatable bonds is 12. The van der Waals surface area contributed by atoms with Gasteiger partial charge in [-0.1, -0.05) is 52.0 Å². The van der Waals surface area contributed by atoms with Crippen molar-refractivity contribution in [2.24, 2.45) is 5.92 Å². The molecule has 1 N–H and O–H groups in total. The Bertz CT molecular complexity index is 692. The molecule has 0 fully saturated rings. The summed E-state index contributed by atoms with van der Waals surface area (Å²) in [5, 5.41) is 2.48. The van der Waals surface area contributed by atoms with Crippen LogP contribution in [0.15, 0.2) is 42.5 Å². The minimum absolute atomic E-state index is 0.0630. The first-order valence-corrected chi connectivity index (χ1v) is 10.1. The molecule has 6 nitrogen and oxygen atoms in total. The minimum Gasteiger partial charge on any atom is -0.490 e. The van der Waals surface area contributed by atoms with E-state index >= 15 is 0 Å². The molecule has 0 atom stereocenters. The first kappa shape index (κ1) is 24.3. The lowest BCUT2D eigenvalue weighted by atomic mass is 9.89. The maximum Gasteiger partial charge on any atom is 0.407 e. The van der Waals surface area contributed by atoms with Crippen LogP contribution >= 0.6 is 0 Å². The molecular formula is C23H33NO5. The molecule has 0 bridgehead atoms.